The van der Waals surface area contributed by atoms with Crippen molar-refractivity contribution in [2.45, 2.75) is 43.9 Å². The van der Waals surface area contributed by atoms with Gasteiger partial charge >= 0.3 is 6.18 Å². The summed E-state index contributed by atoms with van der Waals surface area (Å²) in [6.07, 6.45) is -1.44. The molecule has 106 valence electrons. The summed E-state index contributed by atoms with van der Waals surface area (Å²) in [6, 6.07) is -1.67. The molecule has 1 saturated heterocycles. The average molecular weight is 276 g/mol. The Morgan fingerprint density at radius 1 is 1.11 bits per heavy atom. The van der Waals surface area contributed by atoms with Crippen molar-refractivity contribution in [2.75, 3.05) is 6.54 Å². The van der Waals surface area contributed by atoms with Gasteiger partial charge in [-0.3, -0.25) is 9.59 Å². The van der Waals surface area contributed by atoms with Crippen LogP contribution < -0.4 is 5.32 Å². The summed E-state index contributed by atoms with van der Waals surface area (Å²) < 4.78 is 37.8. The van der Waals surface area contributed by atoms with E-state index >= 15 is 0 Å². The first-order valence-corrected chi connectivity index (χ1v) is 6.54. The van der Waals surface area contributed by atoms with Gasteiger partial charge in [0.05, 0.1) is 0 Å². The number of hydrogen-bond acceptors (Lipinski definition) is 2. The van der Waals surface area contributed by atoms with Crippen molar-refractivity contribution in [2.24, 2.45) is 11.8 Å². The molecule has 0 spiro atoms. The Morgan fingerprint density at radius 3 is 2.16 bits per heavy atom. The predicted molar refractivity (Wildman–Crippen MR) is 58.9 cm³/mol. The highest BCUT2D eigenvalue weighted by atomic mass is 19.4. The van der Waals surface area contributed by atoms with Crippen molar-refractivity contribution in [3.8, 4) is 0 Å². The molecule has 3 fully saturated rings. The summed E-state index contributed by atoms with van der Waals surface area (Å²) in [6.45, 7) is -1.32. The second-order valence-corrected chi connectivity index (χ2v) is 5.69. The van der Waals surface area contributed by atoms with Crippen LogP contribution in [0.2, 0.25) is 0 Å². The van der Waals surface area contributed by atoms with E-state index in [1.807, 2.05) is 0 Å². The van der Waals surface area contributed by atoms with Gasteiger partial charge in [-0.25, -0.2) is 0 Å². The summed E-state index contributed by atoms with van der Waals surface area (Å²) in [4.78, 5) is 24.9. The molecular formula is C12H15F3N2O2. The van der Waals surface area contributed by atoms with Crippen LogP contribution in [-0.2, 0) is 9.59 Å². The van der Waals surface area contributed by atoms with Gasteiger partial charge in [0.2, 0.25) is 11.8 Å². The predicted octanol–water partition coefficient (Wildman–Crippen LogP) is 1.06. The van der Waals surface area contributed by atoms with E-state index in [0.29, 0.717) is 12.8 Å². The maximum Gasteiger partial charge on any atom is 0.406 e. The van der Waals surface area contributed by atoms with Crippen LogP contribution in [0, 0.1) is 11.8 Å². The monoisotopic (exact) mass is 276 g/mol. The number of hydrogen-bond donors (Lipinski definition) is 1. The molecule has 0 radical (unpaired) electrons. The van der Waals surface area contributed by atoms with E-state index in [4.69, 9.17) is 0 Å². The van der Waals surface area contributed by atoms with Crippen molar-refractivity contribution in [1.29, 1.82) is 0 Å². The van der Waals surface area contributed by atoms with E-state index in [1.165, 1.54) is 0 Å². The van der Waals surface area contributed by atoms with Crippen LogP contribution in [0.4, 0.5) is 13.2 Å². The number of alkyl halides is 3. The van der Waals surface area contributed by atoms with Gasteiger partial charge in [0, 0.05) is 0 Å². The number of nitrogens with zero attached hydrogens (tertiary/aromatic N) is 1. The number of rotatable bonds is 3. The summed E-state index contributed by atoms with van der Waals surface area (Å²) in [5.74, 6) is -1.06. The lowest BCUT2D eigenvalue weighted by atomic mass is 10.0. The Hall–Kier alpha value is -1.27. The minimum absolute atomic E-state index is 0.0207. The molecule has 1 aliphatic heterocycles. The molecule has 3 rings (SSSR count). The highest BCUT2D eigenvalue weighted by Gasteiger charge is 2.53. The van der Waals surface area contributed by atoms with Crippen LogP contribution in [0.25, 0.3) is 0 Å². The fraction of sp³-hybridized carbons (Fsp3) is 0.833. The summed E-state index contributed by atoms with van der Waals surface area (Å²) >= 11 is 0. The number of halogens is 3. The molecule has 3 aliphatic rings. The number of piperazine rings is 1. The summed E-state index contributed by atoms with van der Waals surface area (Å²) in [7, 11) is 0. The quantitative estimate of drug-likeness (QED) is 0.838. The molecular weight excluding hydrogens is 261 g/mol. The van der Waals surface area contributed by atoms with Crippen LogP contribution >= 0.6 is 0 Å². The Kier molecular flexibility index (Phi) is 2.76. The largest absolute Gasteiger partial charge is 0.406 e. The molecule has 2 amide bonds. The molecule has 4 nitrogen and oxygen atoms in total. The maximum absolute atomic E-state index is 12.6. The molecule has 19 heavy (non-hydrogen) atoms. The van der Waals surface area contributed by atoms with Gasteiger partial charge < -0.3 is 10.2 Å². The first kappa shape index (κ1) is 12.7. The molecule has 2 unspecified atom stereocenters. The molecule has 1 heterocycles. The normalized spacial score (nSPS) is 32.5. The van der Waals surface area contributed by atoms with E-state index in [9.17, 15) is 22.8 Å². The number of carbonyl (C=O) groups is 2. The van der Waals surface area contributed by atoms with E-state index in [-0.39, 0.29) is 11.8 Å². The molecule has 1 N–H and O–H groups in total. The SMILES string of the molecule is O=C1NC(C2CC2)C(=O)N(CC(F)(F)F)C1C1CC1. The van der Waals surface area contributed by atoms with Gasteiger partial charge in [0.1, 0.15) is 18.6 Å². The van der Waals surface area contributed by atoms with Crippen molar-refractivity contribution in [3.63, 3.8) is 0 Å². The van der Waals surface area contributed by atoms with Crippen LogP contribution in [0.3, 0.4) is 0 Å². The Morgan fingerprint density at radius 2 is 1.68 bits per heavy atom. The molecule has 0 aromatic rings. The summed E-state index contributed by atoms with van der Waals surface area (Å²) in [5.41, 5.74) is 0. The van der Waals surface area contributed by atoms with Gasteiger partial charge in [0.25, 0.3) is 0 Å². The smallest absolute Gasteiger partial charge is 0.342 e. The van der Waals surface area contributed by atoms with Gasteiger partial charge in [-0.1, -0.05) is 0 Å². The Balaban J connectivity index is 1.83. The molecule has 0 aromatic heterocycles. The molecule has 7 heteroatoms. The van der Waals surface area contributed by atoms with E-state index < -0.39 is 36.6 Å². The second-order valence-electron chi connectivity index (χ2n) is 5.69. The first-order valence-electron chi connectivity index (χ1n) is 6.54. The third-order valence-electron chi connectivity index (χ3n) is 3.96. The van der Waals surface area contributed by atoms with E-state index in [2.05, 4.69) is 5.32 Å². The lowest BCUT2D eigenvalue weighted by molar-refractivity contribution is -0.175. The fourth-order valence-corrected chi connectivity index (χ4v) is 2.76. The number of nitrogens with one attached hydrogen (secondary N) is 1. The highest BCUT2D eigenvalue weighted by Crippen LogP contribution is 2.41. The van der Waals surface area contributed by atoms with Gasteiger partial charge in [-0.15, -0.1) is 0 Å². The molecule has 2 aliphatic carbocycles. The zero-order valence-corrected chi connectivity index (χ0v) is 10.2. The van der Waals surface area contributed by atoms with Gasteiger partial charge in [-0.2, -0.15) is 13.2 Å². The van der Waals surface area contributed by atoms with Crippen molar-refractivity contribution in [1.82, 2.24) is 10.2 Å². The van der Waals surface area contributed by atoms with Crippen molar-refractivity contribution < 1.29 is 22.8 Å². The highest BCUT2D eigenvalue weighted by molar-refractivity contribution is 5.97. The van der Waals surface area contributed by atoms with Gasteiger partial charge in [-0.05, 0) is 37.5 Å². The van der Waals surface area contributed by atoms with Crippen molar-refractivity contribution >= 4 is 11.8 Å². The van der Waals surface area contributed by atoms with Crippen LogP contribution in [0.5, 0.6) is 0 Å². The second kappa shape index (κ2) is 4.11. The van der Waals surface area contributed by atoms with Crippen LogP contribution in [-0.4, -0.2) is 41.5 Å². The average Bonchev–Trinajstić information content (AvgIpc) is 3.11. The van der Waals surface area contributed by atoms with E-state index in [1.54, 1.807) is 0 Å². The van der Waals surface area contributed by atoms with E-state index in [0.717, 1.165) is 17.7 Å². The minimum atomic E-state index is -4.46. The molecule has 0 bridgehead atoms. The lowest BCUT2D eigenvalue weighted by Crippen LogP contribution is -2.66. The van der Waals surface area contributed by atoms with Crippen LogP contribution in [0.15, 0.2) is 0 Å². The topological polar surface area (TPSA) is 49.4 Å². The fourth-order valence-electron chi connectivity index (χ4n) is 2.76. The third-order valence-corrected chi connectivity index (χ3v) is 3.96. The Bertz CT molecular complexity index is 416. The Labute approximate surface area is 108 Å². The molecule has 2 atom stereocenters. The molecule has 0 aromatic carbocycles. The zero-order chi connectivity index (χ0) is 13.8. The first-order chi connectivity index (χ1) is 8.87. The summed E-state index contributed by atoms with van der Waals surface area (Å²) in [5, 5.41) is 2.62. The third kappa shape index (κ3) is 2.55. The number of amides is 2. The standard InChI is InChI=1S/C12H15F3N2O2/c13-12(14,15)5-17-9(7-3-4-7)10(18)16-8(11(17)19)6-1-2-6/h6-9H,1-5H2,(H,16,18). The minimum Gasteiger partial charge on any atom is -0.342 e. The maximum atomic E-state index is 12.6. The van der Waals surface area contributed by atoms with Gasteiger partial charge in [0.15, 0.2) is 0 Å². The lowest BCUT2D eigenvalue weighted by Gasteiger charge is -2.39. The molecule has 2 saturated carbocycles. The van der Waals surface area contributed by atoms with Crippen molar-refractivity contribution in [3.05, 3.63) is 0 Å². The zero-order valence-electron chi connectivity index (χ0n) is 10.2. The number of carbonyl (C=O) groups excluding carboxylic acids is 2. The van der Waals surface area contributed by atoms with Crippen LogP contribution in [0.1, 0.15) is 25.7 Å².